The third-order valence-electron chi connectivity index (χ3n) is 6.80. The van der Waals surface area contributed by atoms with E-state index in [0.717, 1.165) is 50.1 Å². The van der Waals surface area contributed by atoms with Crippen molar-refractivity contribution in [1.82, 2.24) is 10.2 Å². The van der Waals surface area contributed by atoms with Gasteiger partial charge in [-0.15, -0.1) is 0 Å². The average molecular weight is 629 g/mol. The van der Waals surface area contributed by atoms with Crippen molar-refractivity contribution in [3.8, 4) is 0 Å². The number of hydrogen-bond donors (Lipinski definition) is 1. The minimum atomic E-state index is -3.80. The highest BCUT2D eigenvalue weighted by Crippen LogP contribution is 2.23. The van der Waals surface area contributed by atoms with Gasteiger partial charge in [0.15, 0.2) is 0 Å². The van der Waals surface area contributed by atoms with Gasteiger partial charge in [0.2, 0.25) is 21.8 Å². The molecule has 3 rings (SSSR count). The molecular formula is C31H38BrN3O4S. The van der Waals surface area contributed by atoms with Gasteiger partial charge in [0, 0.05) is 24.0 Å². The third kappa shape index (κ3) is 8.93. The molecule has 9 heteroatoms. The van der Waals surface area contributed by atoms with E-state index < -0.39 is 28.5 Å². The number of nitrogens with one attached hydrogen (secondary N) is 1. The Kier molecular flexibility index (Phi) is 11.3. The molecule has 3 aromatic rings. The maximum absolute atomic E-state index is 14.1. The number of amides is 2. The van der Waals surface area contributed by atoms with E-state index in [1.807, 2.05) is 81.4 Å². The fourth-order valence-electron chi connectivity index (χ4n) is 4.39. The van der Waals surface area contributed by atoms with Crippen LogP contribution in [0.25, 0.3) is 0 Å². The summed E-state index contributed by atoms with van der Waals surface area (Å²) in [5.41, 5.74) is 4.07. The van der Waals surface area contributed by atoms with Crippen molar-refractivity contribution in [2.75, 3.05) is 23.7 Å². The van der Waals surface area contributed by atoms with Crippen LogP contribution in [0.4, 0.5) is 5.69 Å². The lowest BCUT2D eigenvalue weighted by atomic mass is 10.0. The van der Waals surface area contributed by atoms with Crippen LogP contribution in [0.2, 0.25) is 0 Å². The SMILES string of the molecule is CCCCNC(=O)C(Cc1ccccc1)N(Cc1cccc(Br)c1)C(=O)CN(c1ccc(C)c(C)c1)S(C)(=O)=O. The number of nitrogens with zero attached hydrogens (tertiary/aromatic N) is 2. The van der Waals surface area contributed by atoms with E-state index in [9.17, 15) is 18.0 Å². The Balaban J connectivity index is 2.04. The van der Waals surface area contributed by atoms with E-state index in [4.69, 9.17) is 0 Å². The first-order valence-corrected chi connectivity index (χ1v) is 16.0. The molecule has 40 heavy (non-hydrogen) atoms. The predicted molar refractivity (Wildman–Crippen MR) is 165 cm³/mol. The van der Waals surface area contributed by atoms with Crippen LogP contribution < -0.4 is 9.62 Å². The molecule has 0 spiro atoms. The average Bonchev–Trinajstić information content (AvgIpc) is 2.91. The van der Waals surface area contributed by atoms with Gasteiger partial charge < -0.3 is 10.2 Å². The summed E-state index contributed by atoms with van der Waals surface area (Å²) in [7, 11) is -3.80. The standard InChI is InChI=1S/C31H38BrN3O4S/c1-5-6-17-33-31(37)29(20-25-11-8-7-9-12-25)34(21-26-13-10-14-27(32)19-26)30(36)22-35(40(4,38)39)28-16-15-23(2)24(3)18-28/h7-16,18-19,29H,5-6,17,20-22H2,1-4H3,(H,33,37). The second-order valence-corrected chi connectivity index (χ2v) is 12.9. The molecule has 0 aliphatic rings. The second kappa shape index (κ2) is 14.5. The number of halogens is 1. The highest BCUT2D eigenvalue weighted by atomic mass is 79.9. The molecule has 1 unspecified atom stereocenters. The molecule has 7 nitrogen and oxygen atoms in total. The summed E-state index contributed by atoms with van der Waals surface area (Å²) >= 11 is 3.49. The highest BCUT2D eigenvalue weighted by molar-refractivity contribution is 9.10. The van der Waals surface area contributed by atoms with Gasteiger partial charge in [0.25, 0.3) is 0 Å². The van der Waals surface area contributed by atoms with E-state index >= 15 is 0 Å². The van der Waals surface area contributed by atoms with E-state index in [-0.39, 0.29) is 12.5 Å². The van der Waals surface area contributed by atoms with Crippen molar-refractivity contribution in [2.24, 2.45) is 0 Å². The molecule has 0 aliphatic heterocycles. The maximum Gasteiger partial charge on any atom is 0.244 e. The molecule has 0 aromatic heterocycles. The Hall–Kier alpha value is -3.17. The molecule has 1 atom stereocenters. The fraction of sp³-hybridized carbons (Fsp3) is 0.355. The van der Waals surface area contributed by atoms with E-state index in [0.29, 0.717) is 18.7 Å². The van der Waals surface area contributed by atoms with Crippen molar-refractivity contribution in [3.05, 3.63) is 99.5 Å². The number of carbonyl (C=O) groups is 2. The van der Waals surface area contributed by atoms with E-state index in [1.165, 1.54) is 4.90 Å². The van der Waals surface area contributed by atoms with Crippen LogP contribution >= 0.6 is 15.9 Å². The lowest BCUT2D eigenvalue weighted by molar-refractivity contribution is -0.140. The first-order valence-electron chi connectivity index (χ1n) is 13.4. The zero-order chi connectivity index (χ0) is 29.3. The topological polar surface area (TPSA) is 86.8 Å². The zero-order valence-electron chi connectivity index (χ0n) is 23.6. The quantitative estimate of drug-likeness (QED) is 0.258. The van der Waals surface area contributed by atoms with Crippen molar-refractivity contribution in [1.29, 1.82) is 0 Å². The number of anilines is 1. The Labute approximate surface area is 246 Å². The van der Waals surface area contributed by atoms with Crippen LogP contribution in [-0.4, -0.2) is 50.5 Å². The molecule has 0 fully saturated rings. The molecule has 1 N–H and O–H groups in total. The number of unbranched alkanes of at least 4 members (excludes halogenated alkanes) is 1. The van der Waals surface area contributed by atoms with E-state index in [1.54, 1.807) is 12.1 Å². The summed E-state index contributed by atoms with van der Waals surface area (Å²) in [4.78, 5) is 29.2. The normalized spacial score (nSPS) is 12.0. The molecule has 0 saturated carbocycles. The number of benzene rings is 3. The zero-order valence-corrected chi connectivity index (χ0v) is 26.0. The smallest absolute Gasteiger partial charge is 0.244 e. The number of rotatable bonds is 13. The van der Waals surface area contributed by atoms with Crippen molar-refractivity contribution < 1.29 is 18.0 Å². The predicted octanol–water partition coefficient (Wildman–Crippen LogP) is 5.39. The molecule has 0 heterocycles. The molecule has 3 aromatic carbocycles. The first-order chi connectivity index (χ1) is 19.0. The minimum absolute atomic E-state index is 0.140. The number of aryl methyl sites for hydroxylation is 2. The molecule has 0 bridgehead atoms. The number of carbonyl (C=O) groups excluding carboxylic acids is 2. The molecule has 0 radical (unpaired) electrons. The molecule has 2 amide bonds. The largest absolute Gasteiger partial charge is 0.354 e. The Morgan fingerprint density at radius 2 is 1.62 bits per heavy atom. The van der Waals surface area contributed by atoms with Gasteiger partial charge in [-0.25, -0.2) is 8.42 Å². The van der Waals surface area contributed by atoms with Crippen molar-refractivity contribution >= 4 is 43.5 Å². The van der Waals surface area contributed by atoms with Crippen LogP contribution in [0.5, 0.6) is 0 Å². The number of sulfonamides is 1. The van der Waals surface area contributed by atoms with Crippen molar-refractivity contribution in [3.63, 3.8) is 0 Å². The highest BCUT2D eigenvalue weighted by Gasteiger charge is 2.33. The van der Waals surface area contributed by atoms with Gasteiger partial charge in [0.1, 0.15) is 12.6 Å². The summed E-state index contributed by atoms with van der Waals surface area (Å²) in [6.45, 7) is 6.10. The van der Waals surface area contributed by atoms with Gasteiger partial charge >= 0.3 is 0 Å². The lowest BCUT2D eigenvalue weighted by Crippen LogP contribution is -2.53. The van der Waals surface area contributed by atoms with Crippen molar-refractivity contribution in [2.45, 2.75) is 52.6 Å². The van der Waals surface area contributed by atoms with Gasteiger partial charge in [-0.05, 0) is 66.8 Å². The van der Waals surface area contributed by atoms with Crippen LogP contribution in [0.3, 0.4) is 0 Å². The minimum Gasteiger partial charge on any atom is -0.354 e. The lowest BCUT2D eigenvalue weighted by Gasteiger charge is -2.33. The molecule has 214 valence electrons. The molecular weight excluding hydrogens is 590 g/mol. The van der Waals surface area contributed by atoms with E-state index in [2.05, 4.69) is 21.2 Å². The Morgan fingerprint density at radius 3 is 2.25 bits per heavy atom. The maximum atomic E-state index is 14.1. The molecule has 0 aliphatic carbocycles. The summed E-state index contributed by atoms with van der Waals surface area (Å²) in [6.07, 6.45) is 3.12. The van der Waals surface area contributed by atoms with Crippen LogP contribution in [-0.2, 0) is 32.6 Å². The van der Waals surface area contributed by atoms with Gasteiger partial charge in [-0.1, -0.05) is 77.8 Å². The monoisotopic (exact) mass is 627 g/mol. The third-order valence-corrected chi connectivity index (χ3v) is 8.43. The summed E-state index contributed by atoms with van der Waals surface area (Å²) in [5, 5.41) is 2.99. The first kappa shape index (κ1) is 31.4. The summed E-state index contributed by atoms with van der Waals surface area (Å²) in [5.74, 6) is -0.729. The fourth-order valence-corrected chi connectivity index (χ4v) is 5.67. The summed E-state index contributed by atoms with van der Waals surface area (Å²) in [6, 6.07) is 21.5. The molecule has 0 saturated heterocycles. The van der Waals surface area contributed by atoms with Gasteiger partial charge in [0.05, 0.1) is 11.9 Å². The van der Waals surface area contributed by atoms with Crippen LogP contribution in [0.1, 0.15) is 42.0 Å². The Morgan fingerprint density at radius 1 is 0.925 bits per heavy atom. The summed E-state index contributed by atoms with van der Waals surface area (Å²) < 4.78 is 27.8. The Bertz CT molecular complexity index is 1410. The van der Waals surface area contributed by atoms with Gasteiger partial charge in [-0.2, -0.15) is 0 Å². The number of hydrogen-bond acceptors (Lipinski definition) is 4. The van der Waals surface area contributed by atoms with Gasteiger partial charge in [-0.3, -0.25) is 13.9 Å². The van der Waals surface area contributed by atoms with Crippen LogP contribution in [0, 0.1) is 13.8 Å². The van der Waals surface area contributed by atoms with Crippen LogP contribution in [0.15, 0.2) is 77.3 Å². The second-order valence-electron chi connectivity index (χ2n) is 10.0.